The van der Waals surface area contributed by atoms with Crippen molar-refractivity contribution in [2.45, 2.75) is 43.5 Å². The highest BCUT2D eigenvalue weighted by molar-refractivity contribution is 7.90. The second-order valence-electron chi connectivity index (χ2n) is 5.55. The van der Waals surface area contributed by atoms with Crippen LogP contribution < -0.4 is 0 Å². The van der Waals surface area contributed by atoms with Crippen LogP contribution in [-0.4, -0.2) is 24.9 Å². The van der Waals surface area contributed by atoms with Crippen LogP contribution in [0.15, 0.2) is 18.2 Å². The molecule has 0 aromatic heterocycles. The molecule has 1 aromatic carbocycles. The van der Waals surface area contributed by atoms with Crippen LogP contribution in [0.2, 0.25) is 10.0 Å². The first kappa shape index (κ1) is 16.1. The summed E-state index contributed by atoms with van der Waals surface area (Å²) in [5.74, 6) is -0.357. The summed E-state index contributed by atoms with van der Waals surface area (Å²) in [7, 11) is -3.41. The summed E-state index contributed by atoms with van der Waals surface area (Å²) in [4.78, 5) is 0. The number of aliphatic hydroxyl groups is 1. The summed E-state index contributed by atoms with van der Waals surface area (Å²) in [6.07, 6.45) is 3.94. The lowest BCUT2D eigenvalue weighted by Gasteiger charge is -2.31. The monoisotopic (exact) mass is 336 g/mol. The fourth-order valence-corrected chi connectivity index (χ4v) is 5.18. The Bertz CT molecular complexity index is 578. The van der Waals surface area contributed by atoms with Crippen molar-refractivity contribution in [1.82, 2.24) is 0 Å². The molecule has 1 aliphatic carbocycles. The molecule has 0 aliphatic heterocycles. The van der Waals surface area contributed by atoms with E-state index in [1.165, 1.54) is 6.07 Å². The highest BCUT2D eigenvalue weighted by Gasteiger charge is 2.34. The van der Waals surface area contributed by atoms with Crippen molar-refractivity contribution in [2.75, 3.05) is 5.75 Å². The molecule has 1 aliphatic rings. The molecule has 0 unspecified atom stereocenters. The van der Waals surface area contributed by atoms with E-state index >= 15 is 0 Å². The van der Waals surface area contributed by atoms with E-state index in [1.54, 1.807) is 12.1 Å². The summed E-state index contributed by atoms with van der Waals surface area (Å²) < 4.78 is 24.5. The fourth-order valence-electron chi connectivity index (χ4n) is 2.69. The molecule has 3 nitrogen and oxygen atoms in total. The topological polar surface area (TPSA) is 54.4 Å². The van der Waals surface area contributed by atoms with Gasteiger partial charge in [-0.3, -0.25) is 0 Å². The highest BCUT2D eigenvalue weighted by Crippen LogP contribution is 2.31. The molecule has 0 radical (unpaired) electrons. The molecule has 1 N–H and O–H groups in total. The molecule has 1 aromatic rings. The van der Waals surface area contributed by atoms with Gasteiger partial charge >= 0.3 is 0 Å². The van der Waals surface area contributed by atoms with Gasteiger partial charge in [0.1, 0.15) is 0 Å². The van der Waals surface area contributed by atoms with Gasteiger partial charge in [0.2, 0.25) is 0 Å². The van der Waals surface area contributed by atoms with E-state index in [9.17, 15) is 13.5 Å². The van der Waals surface area contributed by atoms with E-state index in [0.29, 0.717) is 28.5 Å². The van der Waals surface area contributed by atoms with Crippen LogP contribution in [-0.2, 0) is 15.6 Å². The molecular formula is C14H18Cl2O3S. The standard InChI is InChI=1S/C14H18Cl2O3S/c15-12-5-4-11(13(16)8-12)9-20(18,19)10-14(17)6-2-1-3-7-14/h4-5,8,17H,1-3,6-7,9-10H2. The Morgan fingerprint density at radius 3 is 2.40 bits per heavy atom. The zero-order valence-corrected chi connectivity index (χ0v) is 13.4. The third-order valence-corrected chi connectivity index (χ3v) is 5.98. The van der Waals surface area contributed by atoms with Gasteiger partial charge in [0.15, 0.2) is 9.84 Å². The quantitative estimate of drug-likeness (QED) is 0.913. The summed E-state index contributed by atoms with van der Waals surface area (Å²) in [5, 5.41) is 11.2. The molecule has 0 heterocycles. The van der Waals surface area contributed by atoms with E-state index in [2.05, 4.69) is 0 Å². The van der Waals surface area contributed by atoms with Gasteiger partial charge in [-0.25, -0.2) is 8.42 Å². The van der Waals surface area contributed by atoms with E-state index in [1.807, 2.05) is 0 Å². The fraction of sp³-hybridized carbons (Fsp3) is 0.571. The van der Waals surface area contributed by atoms with Crippen molar-refractivity contribution >= 4 is 33.0 Å². The number of hydrogen-bond acceptors (Lipinski definition) is 3. The molecule has 20 heavy (non-hydrogen) atoms. The van der Waals surface area contributed by atoms with Gasteiger partial charge < -0.3 is 5.11 Å². The normalized spacial score (nSPS) is 18.9. The Kier molecular flexibility index (Phi) is 5.00. The maximum absolute atomic E-state index is 12.3. The summed E-state index contributed by atoms with van der Waals surface area (Å²) in [6.45, 7) is 0. The van der Waals surface area contributed by atoms with Gasteiger partial charge in [-0.2, -0.15) is 0 Å². The van der Waals surface area contributed by atoms with Crippen LogP contribution in [0.5, 0.6) is 0 Å². The zero-order chi connectivity index (χ0) is 14.8. The Morgan fingerprint density at radius 2 is 1.80 bits per heavy atom. The first-order chi connectivity index (χ1) is 9.30. The number of hydrogen-bond donors (Lipinski definition) is 1. The van der Waals surface area contributed by atoms with Crippen molar-refractivity contribution in [1.29, 1.82) is 0 Å². The maximum Gasteiger partial charge on any atom is 0.157 e. The minimum atomic E-state index is -3.41. The lowest BCUT2D eigenvalue weighted by Crippen LogP contribution is -2.39. The summed E-state index contributed by atoms with van der Waals surface area (Å²) >= 11 is 11.8. The minimum Gasteiger partial charge on any atom is -0.389 e. The molecule has 0 amide bonds. The average Bonchev–Trinajstić information content (AvgIpc) is 2.32. The molecule has 6 heteroatoms. The molecule has 0 spiro atoms. The van der Waals surface area contributed by atoms with Crippen molar-refractivity contribution in [2.24, 2.45) is 0 Å². The molecular weight excluding hydrogens is 319 g/mol. The van der Waals surface area contributed by atoms with Crippen LogP contribution in [0.3, 0.4) is 0 Å². The molecule has 2 rings (SSSR count). The van der Waals surface area contributed by atoms with Crippen LogP contribution in [0.4, 0.5) is 0 Å². The van der Waals surface area contributed by atoms with Gasteiger partial charge in [-0.1, -0.05) is 48.5 Å². The molecule has 0 atom stereocenters. The van der Waals surface area contributed by atoms with Crippen molar-refractivity contribution in [3.05, 3.63) is 33.8 Å². The van der Waals surface area contributed by atoms with Crippen LogP contribution >= 0.6 is 23.2 Å². The third-order valence-electron chi connectivity index (χ3n) is 3.66. The van der Waals surface area contributed by atoms with Gasteiger partial charge in [-0.15, -0.1) is 0 Å². The zero-order valence-electron chi connectivity index (χ0n) is 11.1. The number of sulfone groups is 1. The smallest absolute Gasteiger partial charge is 0.157 e. The van der Waals surface area contributed by atoms with Crippen LogP contribution in [0, 0.1) is 0 Å². The SMILES string of the molecule is O=S(=O)(Cc1ccc(Cl)cc1Cl)CC1(O)CCCCC1. The molecule has 112 valence electrons. The molecule has 1 saturated carbocycles. The van der Waals surface area contributed by atoms with E-state index in [4.69, 9.17) is 23.2 Å². The van der Waals surface area contributed by atoms with Crippen molar-refractivity contribution in [3.8, 4) is 0 Å². The van der Waals surface area contributed by atoms with Crippen LogP contribution in [0.25, 0.3) is 0 Å². The second kappa shape index (κ2) is 6.22. The number of rotatable bonds is 4. The van der Waals surface area contributed by atoms with Gasteiger partial charge in [-0.05, 0) is 30.5 Å². The van der Waals surface area contributed by atoms with E-state index < -0.39 is 15.4 Å². The predicted molar refractivity (Wildman–Crippen MR) is 82.0 cm³/mol. The Balaban J connectivity index is 2.10. The van der Waals surface area contributed by atoms with Crippen molar-refractivity contribution in [3.63, 3.8) is 0 Å². The molecule has 1 fully saturated rings. The Labute approximate surface area is 129 Å². The van der Waals surface area contributed by atoms with Gasteiger partial charge in [0.05, 0.1) is 17.1 Å². The number of benzene rings is 1. The van der Waals surface area contributed by atoms with Gasteiger partial charge in [0, 0.05) is 10.0 Å². The van der Waals surface area contributed by atoms with Crippen LogP contribution in [0.1, 0.15) is 37.7 Å². The first-order valence-electron chi connectivity index (χ1n) is 6.66. The lowest BCUT2D eigenvalue weighted by molar-refractivity contribution is 0.0257. The second-order valence-corrected chi connectivity index (χ2v) is 8.46. The Morgan fingerprint density at radius 1 is 1.15 bits per heavy atom. The van der Waals surface area contributed by atoms with E-state index in [0.717, 1.165) is 19.3 Å². The summed E-state index contributed by atoms with van der Waals surface area (Å²) in [5.41, 5.74) is -0.550. The van der Waals surface area contributed by atoms with Gasteiger partial charge in [0.25, 0.3) is 0 Å². The largest absolute Gasteiger partial charge is 0.389 e. The molecule has 0 saturated heterocycles. The third kappa shape index (κ3) is 4.35. The minimum absolute atomic E-state index is 0.161. The highest BCUT2D eigenvalue weighted by atomic mass is 35.5. The molecule has 0 bridgehead atoms. The van der Waals surface area contributed by atoms with E-state index in [-0.39, 0.29) is 11.5 Å². The number of halogens is 2. The maximum atomic E-state index is 12.3. The van der Waals surface area contributed by atoms with Crippen molar-refractivity contribution < 1.29 is 13.5 Å². The lowest BCUT2D eigenvalue weighted by atomic mass is 9.86. The predicted octanol–water partition coefficient (Wildman–Crippen LogP) is 3.60. The average molecular weight is 337 g/mol. The summed E-state index contributed by atoms with van der Waals surface area (Å²) in [6, 6.07) is 4.77. The Hall–Kier alpha value is -0.290. The first-order valence-corrected chi connectivity index (χ1v) is 9.24.